The minimum absolute atomic E-state index is 0.0337. The van der Waals surface area contributed by atoms with Gasteiger partial charge in [-0.3, -0.25) is 4.79 Å². The summed E-state index contributed by atoms with van der Waals surface area (Å²) in [6.07, 6.45) is 4.08. The molecular weight excluding hydrogens is 364 g/mol. The number of benzene rings is 2. The predicted molar refractivity (Wildman–Crippen MR) is 113 cm³/mol. The van der Waals surface area contributed by atoms with Gasteiger partial charge in [0.1, 0.15) is 5.75 Å². The molecule has 0 radical (unpaired) electrons. The Morgan fingerprint density at radius 3 is 2.62 bits per heavy atom. The second-order valence-corrected chi connectivity index (χ2v) is 7.26. The molecule has 1 aliphatic heterocycles. The van der Waals surface area contributed by atoms with Crippen LogP contribution in [0.4, 0.5) is 5.69 Å². The third-order valence-electron chi connectivity index (χ3n) is 5.25. The van der Waals surface area contributed by atoms with Gasteiger partial charge < -0.3 is 14.4 Å². The van der Waals surface area contributed by atoms with Gasteiger partial charge in [-0.25, -0.2) is 0 Å². The van der Waals surface area contributed by atoms with Crippen molar-refractivity contribution in [3.63, 3.8) is 0 Å². The van der Waals surface area contributed by atoms with Gasteiger partial charge in [-0.15, -0.1) is 0 Å². The van der Waals surface area contributed by atoms with E-state index in [1.54, 1.807) is 7.11 Å². The van der Waals surface area contributed by atoms with E-state index >= 15 is 0 Å². The Kier molecular flexibility index (Phi) is 7.66. The minimum atomic E-state index is -0.463. The Labute approximate surface area is 172 Å². The fourth-order valence-corrected chi connectivity index (χ4v) is 3.74. The number of hydrogen-bond donors (Lipinski definition) is 0. The van der Waals surface area contributed by atoms with Crippen LogP contribution in [0, 0.1) is 11.3 Å². The summed E-state index contributed by atoms with van der Waals surface area (Å²) in [4.78, 5) is 15.0. The van der Waals surface area contributed by atoms with E-state index in [0.717, 1.165) is 42.7 Å². The van der Waals surface area contributed by atoms with Crippen LogP contribution in [0.5, 0.6) is 5.75 Å². The van der Waals surface area contributed by atoms with Gasteiger partial charge in [0, 0.05) is 20.3 Å². The normalized spacial score (nSPS) is 15.5. The van der Waals surface area contributed by atoms with Gasteiger partial charge in [0.05, 0.1) is 18.2 Å². The molecule has 0 bridgehead atoms. The van der Waals surface area contributed by atoms with E-state index in [0.29, 0.717) is 26.0 Å². The van der Waals surface area contributed by atoms with Crippen molar-refractivity contribution in [2.75, 3.05) is 25.2 Å². The highest BCUT2D eigenvalue weighted by Gasteiger charge is 2.33. The first-order valence-corrected chi connectivity index (χ1v) is 10.2. The Hall–Kier alpha value is -2.84. The third kappa shape index (κ3) is 5.36. The fraction of sp³-hybridized carbons (Fsp3) is 0.417. The summed E-state index contributed by atoms with van der Waals surface area (Å²) in [5, 5.41) is 9.01. The molecule has 29 heavy (non-hydrogen) atoms. The summed E-state index contributed by atoms with van der Waals surface area (Å²) < 4.78 is 11.2. The van der Waals surface area contributed by atoms with Crippen molar-refractivity contribution >= 4 is 11.6 Å². The first-order chi connectivity index (χ1) is 14.2. The van der Waals surface area contributed by atoms with Crippen LogP contribution < -0.4 is 9.64 Å². The molecule has 0 fully saturated rings. The number of methoxy groups -OCH3 is 1. The van der Waals surface area contributed by atoms with Gasteiger partial charge >= 0.3 is 0 Å². The molecule has 0 aromatic heterocycles. The van der Waals surface area contributed by atoms with Crippen LogP contribution in [0.2, 0.25) is 0 Å². The molecule has 2 aromatic rings. The van der Waals surface area contributed by atoms with Crippen LogP contribution in [0.1, 0.15) is 36.8 Å². The molecule has 0 saturated heterocycles. The Morgan fingerprint density at radius 1 is 1.07 bits per heavy atom. The number of amides is 1. The topological polar surface area (TPSA) is 62.6 Å². The molecule has 1 amide bonds. The monoisotopic (exact) mass is 392 g/mol. The van der Waals surface area contributed by atoms with Gasteiger partial charge in [-0.1, -0.05) is 36.4 Å². The van der Waals surface area contributed by atoms with E-state index in [1.165, 1.54) is 5.56 Å². The lowest BCUT2D eigenvalue weighted by Gasteiger charge is -2.34. The maximum Gasteiger partial charge on any atom is 0.268 e. The van der Waals surface area contributed by atoms with E-state index in [9.17, 15) is 4.79 Å². The van der Waals surface area contributed by atoms with Crippen LogP contribution in [0.15, 0.2) is 48.5 Å². The number of nitrogens with zero attached hydrogens (tertiary/aromatic N) is 2. The average molecular weight is 392 g/mol. The van der Waals surface area contributed by atoms with Gasteiger partial charge in [0.25, 0.3) is 5.91 Å². The number of aryl methyl sites for hydroxylation is 1. The molecule has 1 aliphatic rings. The number of nitriles is 1. The second kappa shape index (κ2) is 10.6. The van der Waals surface area contributed by atoms with Crippen molar-refractivity contribution in [2.24, 2.45) is 0 Å². The highest BCUT2D eigenvalue weighted by molar-refractivity contribution is 5.99. The predicted octanol–water partition coefficient (Wildman–Crippen LogP) is 4.30. The largest absolute Gasteiger partial charge is 0.478 e. The molecule has 3 rings (SSSR count). The summed E-state index contributed by atoms with van der Waals surface area (Å²) in [5.41, 5.74) is 3.09. The van der Waals surface area contributed by atoms with Gasteiger partial charge in [-0.05, 0) is 55.4 Å². The van der Waals surface area contributed by atoms with Crippen LogP contribution >= 0.6 is 0 Å². The summed E-state index contributed by atoms with van der Waals surface area (Å²) in [5.74, 6) is 0.806. The molecule has 5 nitrogen and oxygen atoms in total. The maximum atomic E-state index is 13.1. The Balaban J connectivity index is 1.64. The summed E-state index contributed by atoms with van der Waals surface area (Å²) in [7, 11) is 1.69. The van der Waals surface area contributed by atoms with Gasteiger partial charge in [0.2, 0.25) is 0 Å². The Morgan fingerprint density at radius 2 is 1.83 bits per heavy atom. The number of anilines is 1. The summed E-state index contributed by atoms with van der Waals surface area (Å²) in [6, 6.07) is 18.0. The van der Waals surface area contributed by atoms with Crippen molar-refractivity contribution in [3.8, 4) is 11.8 Å². The van der Waals surface area contributed by atoms with E-state index in [1.807, 2.05) is 47.4 Å². The lowest BCUT2D eigenvalue weighted by Crippen LogP contribution is -2.46. The molecule has 0 N–H and O–H groups in total. The number of hydrogen-bond acceptors (Lipinski definition) is 4. The number of carbonyl (C=O) groups excluding carboxylic acids is 1. The molecule has 0 unspecified atom stereocenters. The molecule has 0 aliphatic carbocycles. The van der Waals surface area contributed by atoms with Crippen LogP contribution in [0.3, 0.4) is 0 Å². The molecule has 0 saturated carbocycles. The maximum absolute atomic E-state index is 13.1. The number of para-hydroxylation sites is 2. The zero-order valence-corrected chi connectivity index (χ0v) is 17.0. The van der Waals surface area contributed by atoms with Gasteiger partial charge in [-0.2, -0.15) is 5.26 Å². The fourth-order valence-electron chi connectivity index (χ4n) is 3.74. The van der Waals surface area contributed by atoms with E-state index in [2.05, 4.69) is 12.1 Å². The van der Waals surface area contributed by atoms with Crippen LogP contribution in [-0.2, 0) is 22.4 Å². The number of ether oxygens (including phenoxy) is 2. The van der Waals surface area contributed by atoms with Gasteiger partial charge in [0.15, 0.2) is 6.10 Å². The average Bonchev–Trinajstić information content (AvgIpc) is 2.74. The number of unbranched alkanes of at least 4 members (excludes halogenated alkanes) is 1. The van der Waals surface area contributed by atoms with Crippen molar-refractivity contribution in [3.05, 3.63) is 59.7 Å². The molecule has 0 spiro atoms. The molecule has 152 valence electrons. The number of rotatable bonds is 10. The first-order valence-electron chi connectivity index (χ1n) is 10.2. The lowest BCUT2D eigenvalue weighted by atomic mass is 9.98. The van der Waals surface area contributed by atoms with Crippen molar-refractivity contribution in [1.82, 2.24) is 0 Å². The quantitative estimate of drug-likeness (QED) is 0.566. The summed E-state index contributed by atoms with van der Waals surface area (Å²) >= 11 is 0. The number of carbonyl (C=O) groups is 1. The van der Waals surface area contributed by atoms with Crippen molar-refractivity contribution < 1.29 is 14.3 Å². The zero-order chi connectivity index (χ0) is 20.5. The molecule has 5 heteroatoms. The first kappa shape index (κ1) is 20.9. The van der Waals surface area contributed by atoms with E-state index in [4.69, 9.17) is 14.7 Å². The van der Waals surface area contributed by atoms with Crippen molar-refractivity contribution in [2.45, 2.75) is 44.6 Å². The molecule has 2 aromatic carbocycles. The van der Waals surface area contributed by atoms with E-state index < -0.39 is 6.10 Å². The SMILES string of the molecule is COCCCCN1C(=O)[C@@H](CCCc2ccccc2CC#N)Oc2ccccc21. The minimum Gasteiger partial charge on any atom is -0.478 e. The van der Waals surface area contributed by atoms with Crippen molar-refractivity contribution in [1.29, 1.82) is 5.26 Å². The molecule has 1 heterocycles. The van der Waals surface area contributed by atoms with Crippen LogP contribution in [-0.4, -0.2) is 32.3 Å². The Bertz CT molecular complexity index is 859. The highest BCUT2D eigenvalue weighted by atomic mass is 16.5. The highest BCUT2D eigenvalue weighted by Crippen LogP contribution is 2.35. The molecule has 1 atom stereocenters. The molecular formula is C24H28N2O3. The lowest BCUT2D eigenvalue weighted by molar-refractivity contribution is -0.126. The summed E-state index contributed by atoms with van der Waals surface area (Å²) in [6.45, 7) is 1.37. The second-order valence-electron chi connectivity index (χ2n) is 7.26. The smallest absolute Gasteiger partial charge is 0.268 e. The standard InChI is InChI=1S/C24H28N2O3/c1-28-18-7-6-17-26-21-12-4-5-13-22(21)29-23(24(26)27)14-8-11-19-9-2-3-10-20(19)15-16-25/h2-5,9-10,12-13,23H,6-8,11,14-15,17-18H2,1H3/t23-/m1/s1. The van der Waals surface area contributed by atoms with E-state index in [-0.39, 0.29) is 5.91 Å². The number of fused-ring (bicyclic) bond motifs is 1. The van der Waals surface area contributed by atoms with Crippen LogP contribution in [0.25, 0.3) is 0 Å². The third-order valence-corrected chi connectivity index (χ3v) is 5.25. The zero-order valence-electron chi connectivity index (χ0n) is 17.0.